The third kappa shape index (κ3) is 2.40. The van der Waals surface area contributed by atoms with Gasteiger partial charge < -0.3 is 10.6 Å². The van der Waals surface area contributed by atoms with Crippen LogP contribution in [0.3, 0.4) is 0 Å². The lowest BCUT2D eigenvalue weighted by atomic mass is 10.2. The molecule has 0 saturated heterocycles. The molecule has 0 saturated carbocycles. The maximum Gasteiger partial charge on any atom is 0.0706 e. The lowest BCUT2D eigenvalue weighted by Crippen LogP contribution is -2.34. The Balaban J connectivity index is 2.04. The SMILES string of the molecule is CNCC(C)NCc1cnn2ccccc12. The monoisotopic (exact) mass is 218 g/mol. The van der Waals surface area contributed by atoms with Gasteiger partial charge in [0.2, 0.25) is 0 Å². The fourth-order valence-corrected chi connectivity index (χ4v) is 1.79. The fraction of sp³-hybridized carbons (Fsp3) is 0.417. The third-order valence-corrected chi connectivity index (χ3v) is 2.66. The zero-order valence-corrected chi connectivity index (χ0v) is 9.77. The summed E-state index contributed by atoms with van der Waals surface area (Å²) in [6.07, 6.45) is 3.89. The maximum absolute atomic E-state index is 4.30. The number of likely N-dealkylation sites (N-methyl/N-ethyl adjacent to an activating group) is 1. The van der Waals surface area contributed by atoms with E-state index in [1.54, 1.807) is 0 Å². The van der Waals surface area contributed by atoms with Crippen molar-refractivity contribution in [1.29, 1.82) is 0 Å². The normalized spacial score (nSPS) is 13.1. The second kappa shape index (κ2) is 5.09. The van der Waals surface area contributed by atoms with Crippen LogP contribution in [0.4, 0.5) is 0 Å². The molecule has 4 nitrogen and oxygen atoms in total. The van der Waals surface area contributed by atoms with E-state index in [-0.39, 0.29) is 0 Å². The van der Waals surface area contributed by atoms with E-state index in [9.17, 15) is 0 Å². The molecule has 4 heteroatoms. The molecule has 2 N–H and O–H groups in total. The van der Waals surface area contributed by atoms with Crippen molar-refractivity contribution in [3.8, 4) is 0 Å². The highest BCUT2D eigenvalue weighted by Gasteiger charge is 2.04. The molecule has 0 amide bonds. The first kappa shape index (κ1) is 11.1. The van der Waals surface area contributed by atoms with E-state index in [0.717, 1.165) is 13.1 Å². The Kier molecular flexibility index (Phi) is 3.54. The molecule has 2 rings (SSSR count). The van der Waals surface area contributed by atoms with E-state index < -0.39 is 0 Å². The van der Waals surface area contributed by atoms with Crippen molar-refractivity contribution < 1.29 is 0 Å². The summed E-state index contributed by atoms with van der Waals surface area (Å²) in [7, 11) is 1.97. The molecule has 16 heavy (non-hydrogen) atoms. The Hall–Kier alpha value is -1.39. The number of fused-ring (bicyclic) bond motifs is 1. The van der Waals surface area contributed by atoms with Gasteiger partial charge in [-0.1, -0.05) is 6.07 Å². The molecule has 0 bridgehead atoms. The van der Waals surface area contributed by atoms with Gasteiger partial charge in [0.1, 0.15) is 0 Å². The number of nitrogens with zero attached hydrogens (tertiary/aromatic N) is 2. The van der Waals surface area contributed by atoms with Gasteiger partial charge in [0.05, 0.1) is 11.7 Å². The number of hydrogen-bond donors (Lipinski definition) is 2. The summed E-state index contributed by atoms with van der Waals surface area (Å²) in [6, 6.07) is 6.58. The van der Waals surface area contributed by atoms with Crippen molar-refractivity contribution in [2.75, 3.05) is 13.6 Å². The van der Waals surface area contributed by atoms with Crippen molar-refractivity contribution in [1.82, 2.24) is 20.2 Å². The zero-order valence-electron chi connectivity index (χ0n) is 9.77. The van der Waals surface area contributed by atoms with Gasteiger partial charge >= 0.3 is 0 Å². The highest BCUT2D eigenvalue weighted by molar-refractivity contribution is 5.53. The second-order valence-electron chi connectivity index (χ2n) is 4.04. The molecule has 1 atom stereocenters. The molecule has 0 spiro atoms. The quantitative estimate of drug-likeness (QED) is 0.787. The summed E-state index contributed by atoms with van der Waals surface area (Å²) in [5.74, 6) is 0. The summed E-state index contributed by atoms with van der Waals surface area (Å²) in [5, 5.41) is 10.9. The van der Waals surface area contributed by atoms with Crippen molar-refractivity contribution in [3.05, 3.63) is 36.2 Å². The van der Waals surface area contributed by atoms with Crippen LogP contribution in [0.25, 0.3) is 5.52 Å². The molecule has 0 aromatic carbocycles. The highest BCUT2D eigenvalue weighted by Crippen LogP contribution is 2.09. The van der Waals surface area contributed by atoms with Crippen molar-refractivity contribution in [3.63, 3.8) is 0 Å². The molecule has 2 aromatic rings. The summed E-state index contributed by atoms with van der Waals surface area (Å²) >= 11 is 0. The van der Waals surface area contributed by atoms with Crippen LogP contribution in [0.5, 0.6) is 0 Å². The lowest BCUT2D eigenvalue weighted by molar-refractivity contribution is 0.524. The Labute approximate surface area is 95.7 Å². The first-order chi connectivity index (χ1) is 7.81. The van der Waals surface area contributed by atoms with E-state index in [0.29, 0.717) is 6.04 Å². The van der Waals surface area contributed by atoms with Crippen LogP contribution in [-0.4, -0.2) is 29.2 Å². The van der Waals surface area contributed by atoms with E-state index in [1.807, 2.05) is 36.1 Å². The fourth-order valence-electron chi connectivity index (χ4n) is 1.79. The number of nitrogens with one attached hydrogen (secondary N) is 2. The van der Waals surface area contributed by atoms with Gasteiger partial charge in [0.15, 0.2) is 0 Å². The standard InChI is InChI=1S/C12H18N4/c1-10(7-13-2)14-8-11-9-15-16-6-4-3-5-12(11)16/h3-6,9-10,13-14H,7-8H2,1-2H3. The average Bonchev–Trinajstić information content (AvgIpc) is 2.70. The van der Waals surface area contributed by atoms with Crippen molar-refractivity contribution in [2.24, 2.45) is 0 Å². The minimum Gasteiger partial charge on any atom is -0.318 e. The molecule has 1 unspecified atom stereocenters. The Morgan fingerprint density at radius 3 is 3.12 bits per heavy atom. The average molecular weight is 218 g/mol. The molecule has 0 fully saturated rings. The van der Waals surface area contributed by atoms with Gasteiger partial charge in [-0.2, -0.15) is 5.10 Å². The minimum atomic E-state index is 0.462. The summed E-state index contributed by atoms with van der Waals surface area (Å²) in [6.45, 7) is 4.00. The first-order valence-corrected chi connectivity index (χ1v) is 5.60. The van der Waals surface area contributed by atoms with Crippen LogP contribution in [0.15, 0.2) is 30.6 Å². The van der Waals surface area contributed by atoms with Crippen molar-refractivity contribution >= 4 is 5.52 Å². The van der Waals surface area contributed by atoms with Crippen LogP contribution < -0.4 is 10.6 Å². The van der Waals surface area contributed by atoms with Crippen LogP contribution in [-0.2, 0) is 6.54 Å². The molecule has 0 radical (unpaired) electrons. The molecule has 0 aliphatic heterocycles. The number of pyridine rings is 1. The largest absolute Gasteiger partial charge is 0.318 e. The van der Waals surface area contributed by atoms with Gasteiger partial charge in [0.25, 0.3) is 0 Å². The molecular weight excluding hydrogens is 200 g/mol. The molecular formula is C12H18N4. The van der Waals surface area contributed by atoms with Crippen LogP contribution >= 0.6 is 0 Å². The lowest BCUT2D eigenvalue weighted by Gasteiger charge is -2.12. The Bertz CT molecular complexity index is 449. The number of rotatable bonds is 5. The molecule has 2 aromatic heterocycles. The van der Waals surface area contributed by atoms with E-state index >= 15 is 0 Å². The zero-order chi connectivity index (χ0) is 11.4. The van der Waals surface area contributed by atoms with E-state index in [1.165, 1.54) is 11.1 Å². The smallest absolute Gasteiger partial charge is 0.0706 e. The second-order valence-corrected chi connectivity index (χ2v) is 4.04. The number of aromatic nitrogens is 2. The summed E-state index contributed by atoms with van der Waals surface area (Å²) < 4.78 is 1.90. The Morgan fingerprint density at radius 2 is 2.31 bits per heavy atom. The van der Waals surface area contributed by atoms with Gasteiger partial charge in [-0.3, -0.25) is 0 Å². The summed E-state index contributed by atoms with van der Waals surface area (Å²) in [5.41, 5.74) is 2.41. The van der Waals surface area contributed by atoms with Gasteiger partial charge in [0, 0.05) is 30.9 Å². The number of hydrogen-bond acceptors (Lipinski definition) is 3. The van der Waals surface area contributed by atoms with E-state index in [4.69, 9.17) is 0 Å². The van der Waals surface area contributed by atoms with Crippen molar-refractivity contribution in [2.45, 2.75) is 19.5 Å². The predicted molar refractivity (Wildman–Crippen MR) is 65.4 cm³/mol. The Morgan fingerprint density at radius 1 is 1.44 bits per heavy atom. The van der Waals surface area contributed by atoms with Gasteiger partial charge in [-0.05, 0) is 26.1 Å². The molecule has 86 valence electrons. The van der Waals surface area contributed by atoms with Crippen LogP contribution in [0, 0.1) is 0 Å². The topological polar surface area (TPSA) is 41.4 Å². The predicted octanol–water partition coefficient (Wildman–Crippen LogP) is 1.03. The third-order valence-electron chi connectivity index (χ3n) is 2.66. The first-order valence-electron chi connectivity index (χ1n) is 5.60. The van der Waals surface area contributed by atoms with E-state index in [2.05, 4.69) is 28.7 Å². The van der Waals surface area contributed by atoms with Gasteiger partial charge in [-0.15, -0.1) is 0 Å². The minimum absolute atomic E-state index is 0.462. The van der Waals surface area contributed by atoms with Gasteiger partial charge in [-0.25, -0.2) is 4.52 Å². The highest BCUT2D eigenvalue weighted by atomic mass is 15.2. The maximum atomic E-state index is 4.30. The molecule has 0 aliphatic rings. The molecule has 2 heterocycles. The van der Waals surface area contributed by atoms with Crippen LogP contribution in [0.1, 0.15) is 12.5 Å². The molecule has 0 aliphatic carbocycles. The van der Waals surface area contributed by atoms with Crippen LogP contribution in [0.2, 0.25) is 0 Å². The summed E-state index contributed by atoms with van der Waals surface area (Å²) in [4.78, 5) is 0.